The average Bonchev–Trinajstić information content (AvgIpc) is 2.26. The third-order valence-corrected chi connectivity index (χ3v) is 3.81. The molecule has 0 aliphatic heterocycles. The lowest BCUT2D eigenvalue weighted by Gasteiger charge is -2.17. The van der Waals surface area contributed by atoms with Gasteiger partial charge < -0.3 is 5.73 Å². The summed E-state index contributed by atoms with van der Waals surface area (Å²) in [5.74, 6) is 1.07. The van der Waals surface area contributed by atoms with Gasteiger partial charge in [-0.1, -0.05) is 44.2 Å². The smallest absolute Gasteiger partial charge is 0.0187 e. The van der Waals surface area contributed by atoms with Crippen molar-refractivity contribution in [3.63, 3.8) is 0 Å². The van der Waals surface area contributed by atoms with Crippen LogP contribution in [0.15, 0.2) is 30.3 Å². The summed E-state index contributed by atoms with van der Waals surface area (Å²) in [5.41, 5.74) is 7.34. The first-order valence-corrected chi connectivity index (χ1v) is 6.20. The van der Waals surface area contributed by atoms with Crippen molar-refractivity contribution < 1.29 is 0 Å². The highest BCUT2D eigenvalue weighted by molar-refractivity contribution is 7.99. The number of rotatable bonds is 5. The van der Waals surface area contributed by atoms with Gasteiger partial charge in [0.2, 0.25) is 0 Å². The number of thioether (sulfide) groups is 1. The van der Waals surface area contributed by atoms with E-state index in [2.05, 4.69) is 44.2 Å². The van der Waals surface area contributed by atoms with Gasteiger partial charge in [0.15, 0.2) is 0 Å². The van der Waals surface area contributed by atoms with Gasteiger partial charge >= 0.3 is 0 Å². The van der Waals surface area contributed by atoms with E-state index in [0.717, 1.165) is 12.2 Å². The molecule has 0 fully saturated rings. The van der Waals surface area contributed by atoms with Gasteiger partial charge in [0.1, 0.15) is 0 Å². The van der Waals surface area contributed by atoms with Crippen LogP contribution in [0.25, 0.3) is 0 Å². The molecule has 2 unspecified atom stereocenters. The van der Waals surface area contributed by atoms with Crippen molar-refractivity contribution in [2.75, 3.05) is 0 Å². The van der Waals surface area contributed by atoms with E-state index >= 15 is 0 Å². The van der Waals surface area contributed by atoms with Gasteiger partial charge in [-0.05, 0) is 12.0 Å². The molecule has 0 radical (unpaired) electrons. The normalized spacial score (nSPS) is 15.1. The number of hydrogen-bond acceptors (Lipinski definition) is 2. The van der Waals surface area contributed by atoms with Crippen molar-refractivity contribution in [2.45, 2.75) is 37.3 Å². The average molecular weight is 209 g/mol. The van der Waals surface area contributed by atoms with Crippen LogP contribution in [0.5, 0.6) is 0 Å². The summed E-state index contributed by atoms with van der Waals surface area (Å²) in [6.45, 7) is 4.35. The van der Waals surface area contributed by atoms with Gasteiger partial charge in [0, 0.05) is 17.0 Å². The Bertz CT molecular complexity index is 248. The van der Waals surface area contributed by atoms with Crippen LogP contribution in [0.2, 0.25) is 0 Å². The van der Waals surface area contributed by atoms with E-state index in [-0.39, 0.29) is 0 Å². The van der Waals surface area contributed by atoms with Crippen molar-refractivity contribution in [2.24, 2.45) is 5.73 Å². The van der Waals surface area contributed by atoms with Gasteiger partial charge in [-0.15, -0.1) is 0 Å². The summed E-state index contributed by atoms with van der Waals surface area (Å²) in [6.07, 6.45) is 1.06. The topological polar surface area (TPSA) is 26.0 Å². The molecule has 2 N–H and O–H groups in total. The zero-order valence-corrected chi connectivity index (χ0v) is 9.76. The van der Waals surface area contributed by atoms with Gasteiger partial charge in [-0.3, -0.25) is 0 Å². The summed E-state index contributed by atoms with van der Waals surface area (Å²) in [7, 11) is 0. The molecular formula is C12H19NS. The van der Waals surface area contributed by atoms with Crippen LogP contribution in [0.1, 0.15) is 25.8 Å². The fourth-order valence-electron chi connectivity index (χ4n) is 1.26. The Kier molecular flexibility index (Phi) is 5.05. The zero-order valence-electron chi connectivity index (χ0n) is 8.94. The largest absolute Gasteiger partial charge is 0.327 e. The SMILES string of the molecule is CCC(N)C(C)SCc1ccccc1. The van der Waals surface area contributed by atoms with Crippen molar-refractivity contribution >= 4 is 11.8 Å². The van der Waals surface area contributed by atoms with Crippen LogP contribution < -0.4 is 5.73 Å². The maximum Gasteiger partial charge on any atom is 0.0187 e. The predicted molar refractivity (Wildman–Crippen MR) is 65.5 cm³/mol. The maximum absolute atomic E-state index is 5.96. The molecule has 0 bridgehead atoms. The van der Waals surface area contributed by atoms with Crippen molar-refractivity contribution in [3.8, 4) is 0 Å². The minimum atomic E-state index is 0.323. The molecule has 0 spiro atoms. The minimum Gasteiger partial charge on any atom is -0.327 e. The van der Waals surface area contributed by atoms with Crippen LogP contribution in [0.3, 0.4) is 0 Å². The van der Waals surface area contributed by atoms with E-state index in [9.17, 15) is 0 Å². The third kappa shape index (κ3) is 3.72. The maximum atomic E-state index is 5.96. The van der Waals surface area contributed by atoms with Crippen molar-refractivity contribution in [1.29, 1.82) is 0 Å². The Hall–Kier alpha value is -0.470. The second-order valence-electron chi connectivity index (χ2n) is 3.57. The first kappa shape index (κ1) is 11.6. The quantitative estimate of drug-likeness (QED) is 0.806. The molecule has 0 aromatic heterocycles. The van der Waals surface area contributed by atoms with Crippen LogP contribution in [0.4, 0.5) is 0 Å². The van der Waals surface area contributed by atoms with E-state index in [4.69, 9.17) is 5.73 Å². The summed E-state index contributed by atoms with van der Waals surface area (Å²) in [6, 6.07) is 10.9. The molecule has 0 amide bonds. The highest BCUT2D eigenvalue weighted by Crippen LogP contribution is 2.20. The van der Waals surface area contributed by atoms with Crippen molar-refractivity contribution in [3.05, 3.63) is 35.9 Å². The first-order chi connectivity index (χ1) is 6.74. The lowest BCUT2D eigenvalue weighted by atomic mass is 10.2. The second kappa shape index (κ2) is 6.10. The van der Waals surface area contributed by atoms with Crippen LogP contribution in [0, 0.1) is 0 Å². The standard InChI is InChI=1S/C12H19NS/c1-3-12(13)10(2)14-9-11-7-5-4-6-8-11/h4-8,10,12H,3,9,13H2,1-2H3. The molecular weight excluding hydrogens is 190 g/mol. The molecule has 1 nitrogen and oxygen atoms in total. The number of benzene rings is 1. The Morgan fingerprint density at radius 1 is 1.29 bits per heavy atom. The highest BCUT2D eigenvalue weighted by Gasteiger charge is 2.10. The van der Waals surface area contributed by atoms with Crippen molar-refractivity contribution in [1.82, 2.24) is 0 Å². The van der Waals surface area contributed by atoms with Gasteiger partial charge in [-0.25, -0.2) is 0 Å². The fourth-order valence-corrected chi connectivity index (χ4v) is 2.34. The lowest BCUT2D eigenvalue weighted by molar-refractivity contribution is 0.642. The summed E-state index contributed by atoms with van der Waals surface area (Å²) in [5, 5.41) is 0.542. The molecule has 1 aromatic rings. The number of nitrogens with two attached hydrogens (primary N) is 1. The molecule has 0 saturated carbocycles. The molecule has 0 saturated heterocycles. The summed E-state index contributed by atoms with van der Waals surface area (Å²) < 4.78 is 0. The summed E-state index contributed by atoms with van der Waals surface area (Å²) in [4.78, 5) is 0. The Balaban J connectivity index is 2.34. The molecule has 0 aliphatic carbocycles. The summed E-state index contributed by atoms with van der Waals surface area (Å²) >= 11 is 1.94. The molecule has 78 valence electrons. The number of hydrogen-bond donors (Lipinski definition) is 1. The third-order valence-electron chi connectivity index (χ3n) is 2.43. The monoisotopic (exact) mass is 209 g/mol. The molecule has 0 heterocycles. The van der Waals surface area contributed by atoms with E-state index in [1.807, 2.05) is 11.8 Å². The minimum absolute atomic E-state index is 0.323. The predicted octanol–water partition coefficient (Wildman–Crippen LogP) is 3.05. The lowest BCUT2D eigenvalue weighted by Crippen LogP contribution is -2.29. The van der Waals surface area contributed by atoms with E-state index < -0.39 is 0 Å². The Labute approximate surface area is 91.1 Å². The second-order valence-corrected chi connectivity index (χ2v) is 4.94. The molecule has 0 aliphatic rings. The Morgan fingerprint density at radius 2 is 1.93 bits per heavy atom. The van der Waals surface area contributed by atoms with Gasteiger partial charge in [-0.2, -0.15) is 11.8 Å². The first-order valence-electron chi connectivity index (χ1n) is 5.15. The van der Waals surface area contributed by atoms with E-state index in [1.54, 1.807) is 0 Å². The zero-order chi connectivity index (χ0) is 10.4. The molecule has 2 atom stereocenters. The van der Waals surface area contributed by atoms with Gasteiger partial charge in [0.05, 0.1) is 0 Å². The highest BCUT2D eigenvalue weighted by atomic mass is 32.2. The Morgan fingerprint density at radius 3 is 2.50 bits per heavy atom. The van der Waals surface area contributed by atoms with Crippen LogP contribution in [-0.2, 0) is 5.75 Å². The molecule has 1 rings (SSSR count). The fraction of sp³-hybridized carbons (Fsp3) is 0.500. The van der Waals surface area contributed by atoms with E-state index in [1.165, 1.54) is 5.56 Å². The molecule has 1 aromatic carbocycles. The van der Waals surface area contributed by atoms with Gasteiger partial charge in [0.25, 0.3) is 0 Å². The molecule has 2 heteroatoms. The molecule has 14 heavy (non-hydrogen) atoms. The van der Waals surface area contributed by atoms with Crippen LogP contribution >= 0.6 is 11.8 Å². The van der Waals surface area contributed by atoms with Crippen LogP contribution in [-0.4, -0.2) is 11.3 Å². The van der Waals surface area contributed by atoms with E-state index in [0.29, 0.717) is 11.3 Å².